The maximum atomic E-state index is 14.2. The molecule has 0 aliphatic heterocycles. The van der Waals surface area contributed by atoms with E-state index in [1.54, 1.807) is 12.1 Å². The molecule has 0 aliphatic rings. The zero-order valence-corrected chi connectivity index (χ0v) is 15.7. The average Bonchev–Trinajstić information content (AvgIpc) is 2.68. The number of nitrogens with two attached hydrogens (primary N) is 1. The summed E-state index contributed by atoms with van der Waals surface area (Å²) in [5, 5.41) is 3.14. The van der Waals surface area contributed by atoms with Crippen LogP contribution in [0.1, 0.15) is 19.4 Å². The summed E-state index contributed by atoms with van der Waals surface area (Å²) < 4.78 is 14.2. The summed E-state index contributed by atoms with van der Waals surface area (Å²) in [6.45, 7) is 4.53. The van der Waals surface area contributed by atoms with Gasteiger partial charge in [0.05, 0.1) is 6.17 Å². The van der Waals surface area contributed by atoms with Crippen molar-refractivity contribution in [3.05, 3.63) is 90.3 Å². The van der Waals surface area contributed by atoms with E-state index < -0.39 is 0 Å². The van der Waals surface area contributed by atoms with Crippen LogP contribution in [0.4, 0.5) is 4.39 Å². The lowest BCUT2D eigenvalue weighted by Crippen LogP contribution is -2.34. The minimum atomic E-state index is -0.234. The topological polar surface area (TPSA) is 38.0 Å². The predicted octanol–water partition coefficient (Wildman–Crippen LogP) is 5.46. The van der Waals surface area contributed by atoms with E-state index in [0.29, 0.717) is 6.54 Å². The zero-order chi connectivity index (χ0) is 19.2. The van der Waals surface area contributed by atoms with E-state index in [2.05, 4.69) is 29.6 Å². The first-order valence-corrected chi connectivity index (χ1v) is 9.15. The van der Waals surface area contributed by atoms with Crippen molar-refractivity contribution >= 4 is 5.57 Å². The fourth-order valence-electron chi connectivity index (χ4n) is 2.99. The smallest absolute Gasteiger partial charge is 0.124 e. The Morgan fingerprint density at radius 2 is 1.52 bits per heavy atom. The summed E-state index contributed by atoms with van der Waals surface area (Å²) >= 11 is 0. The molecule has 0 spiro atoms. The Labute approximate surface area is 160 Å². The molecule has 3 heteroatoms. The van der Waals surface area contributed by atoms with Gasteiger partial charge in [0, 0.05) is 6.54 Å². The molecule has 0 saturated heterocycles. The van der Waals surface area contributed by atoms with Gasteiger partial charge in [-0.05, 0) is 65.4 Å². The first kappa shape index (κ1) is 19.0. The first-order valence-electron chi connectivity index (χ1n) is 9.15. The molecule has 3 aromatic carbocycles. The maximum Gasteiger partial charge on any atom is 0.124 e. The number of benzene rings is 3. The van der Waals surface area contributed by atoms with Crippen molar-refractivity contribution in [3.63, 3.8) is 0 Å². The van der Waals surface area contributed by atoms with Gasteiger partial charge in [0.15, 0.2) is 0 Å². The zero-order valence-electron chi connectivity index (χ0n) is 15.7. The molecule has 0 aromatic heterocycles. The Balaban J connectivity index is 1.85. The molecule has 2 nitrogen and oxygen atoms in total. The van der Waals surface area contributed by atoms with Crippen LogP contribution in [0.5, 0.6) is 0 Å². The molecule has 0 bridgehead atoms. The summed E-state index contributed by atoms with van der Waals surface area (Å²) in [4.78, 5) is 0. The van der Waals surface area contributed by atoms with Gasteiger partial charge in [0.25, 0.3) is 0 Å². The average molecular weight is 360 g/mol. The van der Waals surface area contributed by atoms with Gasteiger partial charge in [-0.3, -0.25) is 5.32 Å². The van der Waals surface area contributed by atoms with Crippen molar-refractivity contribution < 1.29 is 4.39 Å². The van der Waals surface area contributed by atoms with Crippen molar-refractivity contribution in [2.75, 3.05) is 6.54 Å². The van der Waals surface area contributed by atoms with Crippen LogP contribution in [0.25, 0.3) is 27.8 Å². The van der Waals surface area contributed by atoms with E-state index in [9.17, 15) is 4.39 Å². The Kier molecular flexibility index (Phi) is 6.17. The molecule has 3 rings (SSSR count). The lowest BCUT2D eigenvalue weighted by Gasteiger charge is -2.10. The van der Waals surface area contributed by atoms with Crippen molar-refractivity contribution in [2.45, 2.75) is 20.0 Å². The third kappa shape index (κ3) is 5.13. The molecule has 3 aromatic rings. The van der Waals surface area contributed by atoms with Crippen molar-refractivity contribution in [3.8, 4) is 22.3 Å². The largest absolute Gasteiger partial charge is 0.316 e. The SMILES string of the molecule is C/C(=C\CNC(C)N)c1cc(F)cc(-c2ccc(-c3ccccc3)cc2)c1. The Morgan fingerprint density at radius 3 is 2.15 bits per heavy atom. The molecule has 1 atom stereocenters. The third-order valence-electron chi connectivity index (χ3n) is 4.53. The maximum absolute atomic E-state index is 14.2. The Hall–Kier alpha value is -2.75. The number of rotatable bonds is 6. The highest BCUT2D eigenvalue weighted by Gasteiger charge is 2.06. The van der Waals surface area contributed by atoms with E-state index in [1.165, 1.54) is 5.56 Å². The Bertz CT molecular complexity index is 913. The monoisotopic (exact) mass is 360 g/mol. The molecule has 138 valence electrons. The number of halogens is 1. The quantitative estimate of drug-likeness (QED) is 0.573. The van der Waals surface area contributed by atoms with Crippen molar-refractivity contribution in [2.24, 2.45) is 5.73 Å². The molecule has 0 radical (unpaired) electrons. The van der Waals surface area contributed by atoms with Gasteiger partial charge < -0.3 is 5.73 Å². The fraction of sp³-hybridized carbons (Fsp3) is 0.167. The van der Waals surface area contributed by atoms with Crippen LogP contribution < -0.4 is 11.1 Å². The molecule has 0 saturated carbocycles. The number of allylic oxidation sites excluding steroid dienone is 1. The van der Waals surface area contributed by atoms with E-state index in [4.69, 9.17) is 5.73 Å². The molecular weight excluding hydrogens is 335 g/mol. The molecule has 1 unspecified atom stereocenters. The van der Waals surface area contributed by atoms with Gasteiger partial charge in [-0.15, -0.1) is 0 Å². The van der Waals surface area contributed by atoms with Gasteiger partial charge in [0.2, 0.25) is 0 Å². The van der Waals surface area contributed by atoms with Crippen molar-refractivity contribution in [1.82, 2.24) is 5.32 Å². The first-order chi connectivity index (χ1) is 13.0. The molecule has 0 amide bonds. The standard InChI is InChI=1S/C24H25FN2/c1-17(12-13-27-18(2)26)22-14-23(16-24(25)15-22)21-10-8-20(9-11-21)19-6-4-3-5-7-19/h3-12,14-16,18,27H,13,26H2,1-2H3/b17-12+. The highest BCUT2D eigenvalue weighted by Crippen LogP contribution is 2.28. The summed E-state index contributed by atoms with van der Waals surface area (Å²) in [7, 11) is 0. The highest BCUT2D eigenvalue weighted by atomic mass is 19.1. The molecule has 0 fully saturated rings. The van der Waals surface area contributed by atoms with E-state index in [-0.39, 0.29) is 12.0 Å². The number of hydrogen-bond donors (Lipinski definition) is 2. The van der Waals surface area contributed by atoms with Crippen molar-refractivity contribution in [1.29, 1.82) is 0 Å². The second kappa shape index (κ2) is 8.76. The molecule has 27 heavy (non-hydrogen) atoms. The second-order valence-electron chi connectivity index (χ2n) is 6.76. The van der Waals surface area contributed by atoms with Gasteiger partial charge in [-0.1, -0.05) is 60.7 Å². The summed E-state index contributed by atoms with van der Waals surface area (Å²) in [5.41, 5.74) is 11.8. The normalized spacial score (nSPS) is 12.8. The predicted molar refractivity (Wildman–Crippen MR) is 113 cm³/mol. The number of hydrogen-bond acceptors (Lipinski definition) is 2. The van der Waals surface area contributed by atoms with E-state index >= 15 is 0 Å². The molecule has 3 N–H and O–H groups in total. The lowest BCUT2D eigenvalue weighted by atomic mass is 9.97. The number of nitrogens with one attached hydrogen (secondary N) is 1. The minimum Gasteiger partial charge on any atom is -0.316 e. The third-order valence-corrected chi connectivity index (χ3v) is 4.53. The summed E-state index contributed by atoms with van der Waals surface area (Å²) in [5.74, 6) is -0.234. The summed E-state index contributed by atoms with van der Waals surface area (Å²) in [6, 6.07) is 23.6. The Morgan fingerprint density at radius 1 is 0.926 bits per heavy atom. The highest BCUT2D eigenvalue weighted by molar-refractivity contribution is 5.74. The van der Waals surface area contributed by atoms with Gasteiger partial charge >= 0.3 is 0 Å². The van der Waals surface area contributed by atoms with Crippen LogP contribution in [-0.4, -0.2) is 12.7 Å². The minimum absolute atomic E-state index is 0.0692. The van der Waals surface area contributed by atoms with Crippen LogP contribution in [0.2, 0.25) is 0 Å². The van der Waals surface area contributed by atoms with E-state index in [0.717, 1.165) is 27.8 Å². The van der Waals surface area contributed by atoms with Gasteiger partial charge in [-0.2, -0.15) is 0 Å². The van der Waals surface area contributed by atoms with Crippen LogP contribution in [0.3, 0.4) is 0 Å². The second-order valence-corrected chi connectivity index (χ2v) is 6.76. The van der Waals surface area contributed by atoms with E-state index in [1.807, 2.05) is 56.3 Å². The van der Waals surface area contributed by atoms with Crippen LogP contribution in [0, 0.1) is 5.82 Å². The van der Waals surface area contributed by atoms with Gasteiger partial charge in [-0.25, -0.2) is 4.39 Å². The van der Waals surface area contributed by atoms with Crippen LogP contribution in [-0.2, 0) is 0 Å². The lowest BCUT2D eigenvalue weighted by molar-refractivity contribution is 0.607. The summed E-state index contributed by atoms with van der Waals surface area (Å²) in [6.07, 6.45) is 1.96. The van der Waals surface area contributed by atoms with Crippen LogP contribution in [0.15, 0.2) is 78.9 Å². The molecular formula is C24H25FN2. The molecule has 0 aliphatic carbocycles. The fourth-order valence-corrected chi connectivity index (χ4v) is 2.99. The van der Waals surface area contributed by atoms with Gasteiger partial charge in [0.1, 0.15) is 5.82 Å². The van der Waals surface area contributed by atoms with Crippen LogP contribution >= 0.6 is 0 Å². The molecule has 0 heterocycles.